The first-order chi connectivity index (χ1) is 9.95. The minimum Gasteiger partial charge on any atom is -0.332 e. The van der Waals surface area contributed by atoms with E-state index in [9.17, 15) is 10.1 Å². The Hall–Kier alpha value is -1.99. The number of nitro benzene ring substituents is 1. The van der Waals surface area contributed by atoms with Crippen LogP contribution in [0.25, 0.3) is 0 Å². The molecule has 0 spiro atoms. The molecule has 0 radical (unpaired) electrons. The first-order valence-electron chi connectivity index (χ1n) is 6.04. The Morgan fingerprint density at radius 1 is 1.14 bits per heavy atom. The Bertz CT molecular complexity index is 689. The highest BCUT2D eigenvalue weighted by molar-refractivity contribution is 9.10. The molecule has 7 heteroatoms. The van der Waals surface area contributed by atoms with Gasteiger partial charge in [0.05, 0.1) is 4.92 Å². The number of thiocarbonyl (C=S) groups is 1. The fourth-order valence-electron chi connectivity index (χ4n) is 1.68. The van der Waals surface area contributed by atoms with Crippen LogP contribution in [0, 0.1) is 17.0 Å². The molecular weight excluding hydrogens is 354 g/mol. The van der Waals surface area contributed by atoms with Gasteiger partial charge < -0.3 is 10.6 Å². The molecule has 0 unspecified atom stereocenters. The van der Waals surface area contributed by atoms with Crippen molar-refractivity contribution in [3.8, 4) is 0 Å². The smallest absolute Gasteiger partial charge is 0.269 e. The molecule has 0 aliphatic heterocycles. The van der Waals surface area contributed by atoms with Crippen LogP contribution in [0.3, 0.4) is 0 Å². The van der Waals surface area contributed by atoms with Gasteiger partial charge in [-0.25, -0.2) is 0 Å². The summed E-state index contributed by atoms with van der Waals surface area (Å²) in [6.07, 6.45) is 0. The molecule has 21 heavy (non-hydrogen) atoms. The number of nitrogens with one attached hydrogen (secondary N) is 2. The third-order valence-corrected chi connectivity index (χ3v) is 3.85. The topological polar surface area (TPSA) is 67.2 Å². The van der Waals surface area contributed by atoms with Crippen molar-refractivity contribution < 1.29 is 4.92 Å². The van der Waals surface area contributed by atoms with Crippen molar-refractivity contribution in [2.24, 2.45) is 0 Å². The lowest BCUT2D eigenvalue weighted by Gasteiger charge is -2.11. The van der Waals surface area contributed by atoms with E-state index < -0.39 is 4.92 Å². The summed E-state index contributed by atoms with van der Waals surface area (Å²) in [7, 11) is 0. The molecule has 2 aromatic rings. The van der Waals surface area contributed by atoms with Crippen molar-refractivity contribution in [2.75, 3.05) is 10.6 Å². The van der Waals surface area contributed by atoms with Crippen LogP contribution in [-0.4, -0.2) is 10.0 Å². The summed E-state index contributed by atoms with van der Waals surface area (Å²) in [5.41, 5.74) is 2.70. The molecule has 0 heterocycles. The van der Waals surface area contributed by atoms with Crippen molar-refractivity contribution in [2.45, 2.75) is 6.92 Å². The van der Waals surface area contributed by atoms with E-state index in [1.54, 1.807) is 12.1 Å². The third-order valence-electron chi connectivity index (χ3n) is 2.75. The molecule has 0 aliphatic rings. The molecule has 0 fully saturated rings. The number of aryl methyl sites for hydroxylation is 1. The van der Waals surface area contributed by atoms with Crippen LogP contribution >= 0.6 is 28.1 Å². The molecule has 0 bridgehead atoms. The Labute approximate surface area is 135 Å². The molecule has 0 aliphatic carbocycles. The number of anilines is 2. The van der Waals surface area contributed by atoms with Gasteiger partial charge in [-0.1, -0.05) is 15.9 Å². The quantitative estimate of drug-likeness (QED) is 0.477. The number of nitro groups is 1. The fourth-order valence-corrected chi connectivity index (χ4v) is 2.16. The molecule has 0 aromatic heterocycles. The maximum atomic E-state index is 10.6. The second kappa shape index (κ2) is 6.64. The van der Waals surface area contributed by atoms with E-state index >= 15 is 0 Å². The molecule has 5 nitrogen and oxygen atoms in total. The van der Waals surface area contributed by atoms with Gasteiger partial charge in [0.2, 0.25) is 0 Å². The van der Waals surface area contributed by atoms with E-state index in [1.165, 1.54) is 12.1 Å². The molecule has 0 saturated heterocycles. The van der Waals surface area contributed by atoms with Crippen LogP contribution in [0.1, 0.15) is 5.56 Å². The van der Waals surface area contributed by atoms with Crippen LogP contribution in [-0.2, 0) is 0 Å². The molecule has 0 saturated carbocycles. The fraction of sp³-hybridized carbons (Fsp3) is 0.0714. The van der Waals surface area contributed by atoms with Crippen molar-refractivity contribution in [3.05, 3.63) is 62.6 Å². The maximum Gasteiger partial charge on any atom is 0.269 e. The van der Waals surface area contributed by atoms with Gasteiger partial charge in [0.1, 0.15) is 0 Å². The third kappa shape index (κ3) is 4.24. The van der Waals surface area contributed by atoms with Crippen LogP contribution in [0.5, 0.6) is 0 Å². The Morgan fingerprint density at radius 2 is 1.71 bits per heavy atom. The lowest BCUT2D eigenvalue weighted by atomic mass is 10.2. The first kappa shape index (κ1) is 15.4. The number of halogens is 1. The molecule has 2 rings (SSSR count). The standard InChI is InChI=1S/C14H12BrN3O2S/c1-9-8-11(4-7-13(9)15)17-14(21)16-10-2-5-12(6-3-10)18(19)20/h2-8H,1H3,(H2,16,17,21). The predicted octanol–water partition coefficient (Wildman–Crippen LogP) is 4.47. The summed E-state index contributed by atoms with van der Waals surface area (Å²) in [6.45, 7) is 1.99. The van der Waals surface area contributed by atoms with E-state index in [0.717, 1.165) is 15.7 Å². The number of benzene rings is 2. The van der Waals surface area contributed by atoms with Crippen LogP contribution < -0.4 is 10.6 Å². The Morgan fingerprint density at radius 3 is 2.29 bits per heavy atom. The number of hydrogen-bond donors (Lipinski definition) is 2. The van der Waals surface area contributed by atoms with E-state index in [4.69, 9.17) is 12.2 Å². The Kier molecular flexibility index (Phi) is 4.87. The normalized spacial score (nSPS) is 10.0. The summed E-state index contributed by atoms with van der Waals surface area (Å²) in [6, 6.07) is 11.9. The minimum atomic E-state index is -0.440. The zero-order valence-corrected chi connectivity index (χ0v) is 13.5. The monoisotopic (exact) mass is 365 g/mol. The number of hydrogen-bond acceptors (Lipinski definition) is 3. The SMILES string of the molecule is Cc1cc(NC(=S)Nc2ccc([N+](=O)[O-])cc2)ccc1Br. The molecule has 108 valence electrons. The van der Waals surface area contributed by atoms with Crippen LogP contribution in [0.15, 0.2) is 46.9 Å². The highest BCUT2D eigenvalue weighted by Crippen LogP contribution is 2.20. The zero-order valence-electron chi connectivity index (χ0n) is 11.1. The summed E-state index contributed by atoms with van der Waals surface area (Å²) in [4.78, 5) is 10.1. The van der Waals surface area contributed by atoms with Gasteiger partial charge in [0, 0.05) is 28.0 Å². The van der Waals surface area contributed by atoms with Crippen LogP contribution in [0.2, 0.25) is 0 Å². The lowest BCUT2D eigenvalue weighted by Crippen LogP contribution is -2.19. The van der Waals surface area contributed by atoms with Gasteiger partial charge >= 0.3 is 0 Å². The summed E-state index contributed by atoms with van der Waals surface area (Å²) in [5, 5.41) is 17.0. The second-order valence-corrected chi connectivity index (χ2v) is 5.61. The zero-order chi connectivity index (χ0) is 15.4. The average Bonchev–Trinajstić information content (AvgIpc) is 2.43. The van der Waals surface area contributed by atoms with Crippen LogP contribution in [0.4, 0.5) is 17.1 Å². The average molecular weight is 366 g/mol. The summed E-state index contributed by atoms with van der Waals surface area (Å²) in [5.74, 6) is 0. The second-order valence-electron chi connectivity index (χ2n) is 4.35. The number of nitrogens with zero attached hydrogens (tertiary/aromatic N) is 1. The van der Waals surface area contributed by atoms with Gasteiger partial charge in [-0.15, -0.1) is 0 Å². The highest BCUT2D eigenvalue weighted by atomic mass is 79.9. The predicted molar refractivity (Wildman–Crippen MR) is 91.8 cm³/mol. The Balaban J connectivity index is 2.01. The molecule has 0 amide bonds. The molecule has 0 atom stereocenters. The van der Waals surface area contributed by atoms with Gasteiger partial charge in [-0.2, -0.15) is 0 Å². The van der Waals surface area contributed by atoms with E-state index in [2.05, 4.69) is 26.6 Å². The molecule has 2 aromatic carbocycles. The minimum absolute atomic E-state index is 0.0444. The van der Waals surface area contributed by atoms with Gasteiger partial charge in [-0.3, -0.25) is 10.1 Å². The van der Waals surface area contributed by atoms with Crippen molar-refractivity contribution >= 4 is 50.3 Å². The van der Waals surface area contributed by atoms with E-state index in [0.29, 0.717) is 10.8 Å². The van der Waals surface area contributed by atoms with Crippen molar-refractivity contribution in [1.82, 2.24) is 0 Å². The van der Waals surface area contributed by atoms with Gasteiger partial charge in [-0.05, 0) is 55.0 Å². The van der Waals surface area contributed by atoms with E-state index in [-0.39, 0.29) is 5.69 Å². The largest absolute Gasteiger partial charge is 0.332 e. The summed E-state index contributed by atoms with van der Waals surface area (Å²) >= 11 is 8.65. The van der Waals surface area contributed by atoms with Crippen molar-refractivity contribution in [3.63, 3.8) is 0 Å². The lowest BCUT2D eigenvalue weighted by molar-refractivity contribution is -0.384. The number of non-ortho nitro benzene ring substituents is 1. The first-order valence-corrected chi connectivity index (χ1v) is 7.24. The summed E-state index contributed by atoms with van der Waals surface area (Å²) < 4.78 is 1.03. The number of rotatable bonds is 3. The molecular formula is C14H12BrN3O2S. The van der Waals surface area contributed by atoms with Gasteiger partial charge in [0.15, 0.2) is 5.11 Å². The highest BCUT2D eigenvalue weighted by Gasteiger charge is 2.05. The van der Waals surface area contributed by atoms with Crippen molar-refractivity contribution in [1.29, 1.82) is 0 Å². The van der Waals surface area contributed by atoms with Gasteiger partial charge in [0.25, 0.3) is 5.69 Å². The molecule has 2 N–H and O–H groups in total. The maximum absolute atomic E-state index is 10.6. The van der Waals surface area contributed by atoms with E-state index in [1.807, 2.05) is 25.1 Å².